The normalized spacial score (nSPS) is 18.6. The Morgan fingerprint density at radius 3 is 2.53 bits per heavy atom. The molecule has 34 heavy (non-hydrogen) atoms. The SMILES string of the molecule is CN1CCCC(CC(=O)N2CCc3c(C(F)(F)F)nn(Cc4ccc(F)cc4)c3C2)C1.O=CO. The molecular formula is C23H28F4N4O3. The summed E-state index contributed by atoms with van der Waals surface area (Å²) in [5.74, 6) is -0.149. The molecule has 1 saturated heterocycles. The standard InChI is InChI=1S/C22H26F4N4O.CH2O2/c1-28-9-2-3-16(12-28)11-20(31)29-10-8-18-19(14-29)30(27-21(18)22(24,25)26)13-15-4-6-17(23)7-5-15;2-1-3/h4-7,16H,2-3,8-14H2,1H3;1H,(H,2,3). The van der Waals surface area contributed by atoms with Crippen LogP contribution in [0.15, 0.2) is 24.3 Å². The largest absolute Gasteiger partial charge is 0.483 e. The van der Waals surface area contributed by atoms with E-state index in [-0.39, 0.29) is 49.9 Å². The lowest BCUT2D eigenvalue weighted by atomic mass is 9.94. The number of carboxylic acid groups (broad SMARTS) is 1. The molecule has 1 amide bonds. The monoisotopic (exact) mass is 484 g/mol. The molecule has 0 radical (unpaired) electrons. The first-order valence-electron chi connectivity index (χ1n) is 11.1. The molecule has 186 valence electrons. The molecule has 0 spiro atoms. The highest BCUT2D eigenvalue weighted by molar-refractivity contribution is 5.76. The average molecular weight is 484 g/mol. The molecule has 0 saturated carbocycles. The lowest BCUT2D eigenvalue weighted by Crippen LogP contribution is -2.40. The summed E-state index contributed by atoms with van der Waals surface area (Å²) >= 11 is 0. The average Bonchev–Trinajstić information content (AvgIpc) is 3.14. The summed E-state index contributed by atoms with van der Waals surface area (Å²) in [6.07, 6.45) is -1.97. The molecule has 2 aliphatic rings. The van der Waals surface area contributed by atoms with Crippen LogP contribution in [0.3, 0.4) is 0 Å². The minimum atomic E-state index is -4.56. The molecule has 3 heterocycles. The van der Waals surface area contributed by atoms with Gasteiger partial charge in [0.2, 0.25) is 5.91 Å². The summed E-state index contributed by atoms with van der Waals surface area (Å²) in [6.45, 7) is 2.11. The molecule has 2 aliphatic heterocycles. The Balaban J connectivity index is 0.00000103. The van der Waals surface area contributed by atoms with E-state index < -0.39 is 17.7 Å². The number of piperidine rings is 1. The van der Waals surface area contributed by atoms with E-state index in [2.05, 4.69) is 10.00 Å². The van der Waals surface area contributed by atoms with Crippen molar-refractivity contribution in [2.75, 3.05) is 26.7 Å². The number of alkyl halides is 3. The summed E-state index contributed by atoms with van der Waals surface area (Å²) in [5, 5.41) is 10.7. The van der Waals surface area contributed by atoms with Gasteiger partial charge in [-0.2, -0.15) is 18.3 Å². The number of halogens is 4. The lowest BCUT2D eigenvalue weighted by Gasteiger charge is -2.33. The molecule has 7 nitrogen and oxygen atoms in total. The summed E-state index contributed by atoms with van der Waals surface area (Å²) in [5.41, 5.74) is 0.341. The fraction of sp³-hybridized carbons (Fsp3) is 0.522. The summed E-state index contributed by atoms with van der Waals surface area (Å²) in [4.78, 5) is 25.1. The maximum Gasteiger partial charge on any atom is 0.435 e. The van der Waals surface area contributed by atoms with E-state index in [0.717, 1.165) is 25.9 Å². The predicted molar refractivity (Wildman–Crippen MR) is 115 cm³/mol. The lowest BCUT2D eigenvalue weighted by molar-refractivity contribution is -0.142. The highest BCUT2D eigenvalue weighted by Gasteiger charge is 2.41. The molecule has 1 aromatic heterocycles. The molecule has 1 aromatic carbocycles. The molecule has 2 aromatic rings. The van der Waals surface area contributed by atoms with Crippen LogP contribution in [-0.2, 0) is 35.3 Å². The van der Waals surface area contributed by atoms with E-state index in [1.807, 2.05) is 7.05 Å². The Morgan fingerprint density at radius 1 is 1.24 bits per heavy atom. The van der Waals surface area contributed by atoms with Gasteiger partial charge in [-0.1, -0.05) is 12.1 Å². The van der Waals surface area contributed by atoms with Crippen molar-refractivity contribution >= 4 is 12.4 Å². The number of amides is 1. The third-order valence-electron chi connectivity index (χ3n) is 6.19. The number of nitrogens with zero attached hydrogens (tertiary/aromatic N) is 4. The first-order valence-corrected chi connectivity index (χ1v) is 11.1. The van der Waals surface area contributed by atoms with Gasteiger partial charge in [0.15, 0.2) is 5.69 Å². The minimum Gasteiger partial charge on any atom is -0.483 e. The fourth-order valence-electron chi connectivity index (χ4n) is 4.63. The van der Waals surface area contributed by atoms with Crippen LogP contribution in [0.1, 0.15) is 41.8 Å². The van der Waals surface area contributed by atoms with E-state index in [9.17, 15) is 22.4 Å². The Morgan fingerprint density at radius 2 is 1.91 bits per heavy atom. The Kier molecular flexibility index (Phi) is 8.29. The Labute approximate surface area is 194 Å². The number of rotatable bonds is 4. The first kappa shape index (κ1) is 25.7. The smallest absolute Gasteiger partial charge is 0.435 e. The van der Waals surface area contributed by atoms with Crippen molar-refractivity contribution in [1.29, 1.82) is 0 Å². The number of hydrogen-bond acceptors (Lipinski definition) is 4. The van der Waals surface area contributed by atoms with Gasteiger partial charge in [-0.15, -0.1) is 0 Å². The molecule has 0 aliphatic carbocycles. The molecule has 0 bridgehead atoms. The highest BCUT2D eigenvalue weighted by Crippen LogP contribution is 2.35. The van der Waals surface area contributed by atoms with Crippen molar-refractivity contribution in [3.63, 3.8) is 0 Å². The van der Waals surface area contributed by atoms with Crippen molar-refractivity contribution < 1.29 is 32.3 Å². The van der Waals surface area contributed by atoms with Gasteiger partial charge in [0.1, 0.15) is 5.82 Å². The summed E-state index contributed by atoms with van der Waals surface area (Å²) < 4.78 is 55.2. The van der Waals surface area contributed by atoms with Crippen molar-refractivity contribution in [2.45, 2.75) is 44.9 Å². The van der Waals surface area contributed by atoms with Gasteiger partial charge < -0.3 is 14.9 Å². The van der Waals surface area contributed by atoms with Crippen LogP contribution in [0.4, 0.5) is 17.6 Å². The molecule has 1 fully saturated rings. The second-order valence-corrected chi connectivity index (χ2v) is 8.70. The van der Waals surface area contributed by atoms with Crippen molar-refractivity contribution in [3.05, 3.63) is 52.6 Å². The van der Waals surface area contributed by atoms with Crippen LogP contribution in [-0.4, -0.2) is 63.7 Å². The zero-order valence-electron chi connectivity index (χ0n) is 18.9. The first-order chi connectivity index (χ1) is 16.1. The third kappa shape index (κ3) is 6.34. The second-order valence-electron chi connectivity index (χ2n) is 8.70. The van der Waals surface area contributed by atoms with Gasteiger partial charge in [-0.25, -0.2) is 4.39 Å². The summed E-state index contributed by atoms with van der Waals surface area (Å²) in [6, 6.07) is 5.60. The van der Waals surface area contributed by atoms with Gasteiger partial charge >= 0.3 is 6.18 Å². The van der Waals surface area contributed by atoms with Crippen LogP contribution in [0.5, 0.6) is 0 Å². The highest BCUT2D eigenvalue weighted by atomic mass is 19.4. The van der Waals surface area contributed by atoms with Gasteiger partial charge in [-0.05, 0) is 56.5 Å². The van der Waals surface area contributed by atoms with E-state index in [1.54, 1.807) is 4.90 Å². The van der Waals surface area contributed by atoms with Crippen LogP contribution in [0, 0.1) is 11.7 Å². The van der Waals surface area contributed by atoms with Gasteiger partial charge in [-0.3, -0.25) is 14.3 Å². The third-order valence-corrected chi connectivity index (χ3v) is 6.19. The van der Waals surface area contributed by atoms with Gasteiger partial charge in [0.25, 0.3) is 6.47 Å². The van der Waals surface area contributed by atoms with E-state index in [4.69, 9.17) is 9.90 Å². The van der Waals surface area contributed by atoms with Crippen molar-refractivity contribution in [2.24, 2.45) is 5.92 Å². The maximum absolute atomic E-state index is 13.6. The topological polar surface area (TPSA) is 78.7 Å². The van der Waals surface area contributed by atoms with Gasteiger partial charge in [0.05, 0.1) is 18.8 Å². The van der Waals surface area contributed by atoms with Crippen LogP contribution in [0.2, 0.25) is 0 Å². The molecule has 11 heteroatoms. The zero-order chi connectivity index (χ0) is 24.9. The number of hydrogen-bond donors (Lipinski definition) is 1. The number of likely N-dealkylation sites (tertiary alicyclic amines) is 1. The number of carbonyl (C=O) groups excluding carboxylic acids is 1. The molecule has 1 N–H and O–H groups in total. The van der Waals surface area contributed by atoms with E-state index in [1.165, 1.54) is 28.9 Å². The predicted octanol–water partition coefficient (Wildman–Crippen LogP) is 3.41. The molecule has 4 rings (SSSR count). The zero-order valence-corrected chi connectivity index (χ0v) is 18.9. The van der Waals surface area contributed by atoms with Crippen molar-refractivity contribution in [3.8, 4) is 0 Å². The number of benzene rings is 1. The van der Waals surface area contributed by atoms with Crippen LogP contribution in [0.25, 0.3) is 0 Å². The fourth-order valence-corrected chi connectivity index (χ4v) is 4.63. The number of aromatic nitrogens is 2. The van der Waals surface area contributed by atoms with Crippen molar-refractivity contribution in [1.82, 2.24) is 19.6 Å². The maximum atomic E-state index is 13.6. The Bertz CT molecular complexity index is 991. The second kappa shape index (κ2) is 11.0. The van der Waals surface area contributed by atoms with Gasteiger partial charge in [0, 0.05) is 25.1 Å². The quantitative estimate of drug-likeness (QED) is 0.532. The minimum absolute atomic E-state index is 0.0194. The van der Waals surface area contributed by atoms with Crippen LogP contribution < -0.4 is 0 Å². The van der Waals surface area contributed by atoms with E-state index in [0.29, 0.717) is 17.7 Å². The molecular weight excluding hydrogens is 456 g/mol. The molecule has 1 unspecified atom stereocenters. The Hall–Kier alpha value is -2.95. The molecule has 1 atom stereocenters. The van der Waals surface area contributed by atoms with E-state index >= 15 is 0 Å². The number of fused-ring (bicyclic) bond motifs is 1. The number of carbonyl (C=O) groups is 2. The van der Waals surface area contributed by atoms with Crippen LogP contribution >= 0.6 is 0 Å². The summed E-state index contributed by atoms with van der Waals surface area (Å²) in [7, 11) is 2.04.